The molecule has 9 heteroatoms. The van der Waals surface area contributed by atoms with Gasteiger partial charge in [0.1, 0.15) is 5.69 Å². The third kappa shape index (κ3) is 3.53. The smallest absolute Gasteiger partial charge is 0.274 e. The molecule has 0 spiro atoms. The van der Waals surface area contributed by atoms with Gasteiger partial charge in [0.05, 0.1) is 17.6 Å². The second-order valence-electron chi connectivity index (χ2n) is 5.43. The number of sulfonamides is 1. The molecule has 0 bridgehead atoms. The number of carbonyl (C=O) groups is 1. The van der Waals surface area contributed by atoms with Crippen LogP contribution in [0.15, 0.2) is 0 Å². The molecule has 2 rings (SSSR count). The van der Waals surface area contributed by atoms with E-state index >= 15 is 0 Å². The van der Waals surface area contributed by atoms with Crippen LogP contribution in [0.1, 0.15) is 29.0 Å². The Morgan fingerprint density at radius 2 is 1.95 bits per heavy atom. The SMILES string of the molecule is Cc1nn(C)c(C(=O)N2CCC(NS(C)(=O)=O)CC2)c1N. The van der Waals surface area contributed by atoms with Gasteiger partial charge in [-0.05, 0) is 19.8 Å². The first-order valence-electron chi connectivity index (χ1n) is 6.74. The van der Waals surface area contributed by atoms with Crippen LogP contribution < -0.4 is 10.5 Å². The van der Waals surface area contributed by atoms with E-state index in [1.54, 1.807) is 18.9 Å². The van der Waals surface area contributed by atoms with Crippen molar-refractivity contribution in [2.45, 2.75) is 25.8 Å². The van der Waals surface area contributed by atoms with Gasteiger partial charge in [-0.2, -0.15) is 5.10 Å². The van der Waals surface area contributed by atoms with E-state index in [1.165, 1.54) is 4.68 Å². The van der Waals surface area contributed by atoms with Crippen LogP contribution in [0.25, 0.3) is 0 Å². The van der Waals surface area contributed by atoms with Crippen molar-refractivity contribution in [3.63, 3.8) is 0 Å². The standard InChI is InChI=1S/C12H21N5O3S/c1-8-10(13)11(16(2)14-8)12(18)17-6-4-9(5-7-17)15-21(3,19)20/h9,15H,4-7,13H2,1-3H3. The Morgan fingerprint density at radius 3 is 2.38 bits per heavy atom. The molecule has 0 aliphatic carbocycles. The minimum atomic E-state index is -3.21. The van der Waals surface area contributed by atoms with Crippen molar-refractivity contribution in [3.05, 3.63) is 11.4 Å². The zero-order chi connectivity index (χ0) is 15.8. The monoisotopic (exact) mass is 315 g/mol. The highest BCUT2D eigenvalue weighted by Gasteiger charge is 2.28. The topological polar surface area (TPSA) is 110 Å². The number of nitrogens with zero attached hydrogens (tertiary/aromatic N) is 3. The number of rotatable bonds is 3. The summed E-state index contributed by atoms with van der Waals surface area (Å²) in [5, 5.41) is 4.14. The number of carbonyl (C=O) groups excluding carboxylic acids is 1. The summed E-state index contributed by atoms with van der Waals surface area (Å²) in [6.07, 6.45) is 2.33. The molecule has 1 aromatic rings. The molecule has 0 unspecified atom stereocenters. The van der Waals surface area contributed by atoms with E-state index in [2.05, 4.69) is 9.82 Å². The number of amides is 1. The zero-order valence-corrected chi connectivity index (χ0v) is 13.3. The molecule has 1 aliphatic rings. The molecule has 1 aliphatic heterocycles. The maximum Gasteiger partial charge on any atom is 0.274 e. The van der Waals surface area contributed by atoms with Gasteiger partial charge in [0.15, 0.2) is 0 Å². The maximum atomic E-state index is 12.5. The summed E-state index contributed by atoms with van der Waals surface area (Å²) < 4.78 is 26.5. The molecule has 21 heavy (non-hydrogen) atoms. The number of nitrogens with two attached hydrogens (primary N) is 1. The van der Waals surface area contributed by atoms with Gasteiger partial charge in [-0.15, -0.1) is 0 Å². The van der Waals surface area contributed by atoms with Gasteiger partial charge >= 0.3 is 0 Å². The van der Waals surface area contributed by atoms with E-state index in [4.69, 9.17) is 5.73 Å². The van der Waals surface area contributed by atoms with E-state index in [0.29, 0.717) is 43.0 Å². The van der Waals surface area contributed by atoms with Crippen LogP contribution in [0.5, 0.6) is 0 Å². The number of piperidine rings is 1. The lowest BCUT2D eigenvalue weighted by Crippen LogP contribution is -2.46. The first-order valence-corrected chi connectivity index (χ1v) is 8.64. The second-order valence-corrected chi connectivity index (χ2v) is 7.21. The number of nitrogens with one attached hydrogen (secondary N) is 1. The van der Waals surface area contributed by atoms with E-state index in [9.17, 15) is 13.2 Å². The highest BCUT2D eigenvalue weighted by molar-refractivity contribution is 7.88. The summed E-state index contributed by atoms with van der Waals surface area (Å²) in [4.78, 5) is 14.2. The van der Waals surface area contributed by atoms with Crippen LogP contribution in [-0.2, 0) is 17.1 Å². The third-order valence-corrected chi connectivity index (χ3v) is 4.40. The van der Waals surface area contributed by atoms with E-state index in [-0.39, 0.29) is 11.9 Å². The molecular weight excluding hydrogens is 294 g/mol. The van der Waals surface area contributed by atoms with Crippen molar-refractivity contribution in [1.82, 2.24) is 19.4 Å². The van der Waals surface area contributed by atoms with Gasteiger partial charge in [0.2, 0.25) is 10.0 Å². The molecule has 3 N–H and O–H groups in total. The molecule has 0 saturated carbocycles. The van der Waals surface area contributed by atoms with Crippen molar-refractivity contribution in [3.8, 4) is 0 Å². The molecule has 0 radical (unpaired) electrons. The second kappa shape index (κ2) is 5.64. The van der Waals surface area contributed by atoms with Crippen LogP contribution in [0.3, 0.4) is 0 Å². The van der Waals surface area contributed by atoms with Gasteiger partial charge in [0.25, 0.3) is 5.91 Å². The number of likely N-dealkylation sites (tertiary alicyclic amines) is 1. The lowest BCUT2D eigenvalue weighted by Gasteiger charge is -2.32. The Bertz CT molecular complexity index is 644. The lowest BCUT2D eigenvalue weighted by molar-refractivity contribution is 0.0701. The van der Waals surface area contributed by atoms with Gasteiger partial charge in [-0.1, -0.05) is 0 Å². The average molecular weight is 315 g/mol. The minimum Gasteiger partial charge on any atom is -0.395 e. The zero-order valence-electron chi connectivity index (χ0n) is 12.5. The number of hydrogen-bond acceptors (Lipinski definition) is 5. The summed E-state index contributed by atoms with van der Waals surface area (Å²) in [6.45, 7) is 2.75. The molecule has 0 atom stereocenters. The number of aromatic nitrogens is 2. The fraction of sp³-hybridized carbons (Fsp3) is 0.667. The molecule has 1 amide bonds. The first kappa shape index (κ1) is 15.8. The van der Waals surface area contributed by atoms with Gasteiger partial charge in [-0.25, -0.2) is 13.1 Å². The fourth-order valence-electron chi connectivity index (χ4n) is 2.58. The molecule has 8 nitrogen and oxygen atoms in total. The first-order chi connectivity index (χ1) is 9.69. The number of anilines is 1. The Labute approximate surface area is 124 Å². The number of hydrogen-bond donors (Lipinski definition) is 2. The van der Waals surface area contributed by atoms with Crippen LogP contribution >= 0.6 is 0 Å². The molecule has 1 fully saturated rings. The van der Waals surface area contributed by atoms with Crippen molar-refractivity contribution in [1.29, 1.82) is 0 Å². The molecule has 1 aromatic heterocycles. The van der Waals surface area contributed by atoms with Gasteiger partial charge < -0.3 is 10.6 Å². The number of aryl methyl sites for hydroxylation is 2. The number of nitrogen functional groups attached to an aromatic ring is 1. The van der Waals surface area contributed by atoms with Crippen molar-refractivity contribution in [2.24, 2.45) is 7.05 Å². The predicted molar refractivity (Wildman–Crippen MR) is 79.3 cm³/mol. The van der Waals surface area contributed by atoms with Crippen LogP contribution in [-0.4, -0.2) is 54.4 Å². The molecular formula is C12H21N5O3S. The fourth-order valence-corrected chi connectivity index (χ4v) is 3.42. The molecule has 1 saturated heterocycles. The predicted octanol–water partition coefficient (Wildman–Crippen LogP) is -0.535. The van der Waals surface area contributed by atoms with Gasteiger partial charge in [-0.3, -0.25) is 9.48 Å². The summed E-state index contributed by atoms with van der Waals surface area (Å²) in [6, 6.07) is -0.116. The minimum absolute atomic E-state index is 0.116. The van der Waals surface area contributed by atoms with Crippen molar-refractivity contribution >= 4 is 21.6 Å². The van der Waals surface area contributed by atoms with E-state index in [1.807, 2.05) is 0 Å². The Hall–Kier alpha value is -1.61. The van der Waals surface area contributed by atoms with Crippen molar-refractivity contribution in [2.75, 3.05) is 25.1 Å². The largest absolute Gasteiger partial charge is 0.395 e. The average Bonchev–Trinajstić information content (AvgIpc) is 2.61. The third-order valence-electron chi connectivity index (χ3n) is 3.63. The highest BCUT2D eigenvalue weighted by atomic mass is 32.2. The van der Waals surface area contributed by atoms with Crippen molar-refractivity contribution < 1.29 is 13.2 Å². The summed E-state index contributed by atoms with van der Waals surface area (Å²) in [5.41, 5.74) is 7.33. The quantitative estimate of drug-likeness (QED) is 0.778. The Kier molecular flexibility index (Phi) is 4.24. The summed E-state index contributed by atoms with van der Waals surface area (Å²) in [7, 11) is -1.52. The molecule has 2 heterocycles. The molecule has 118 valence electrons. The summed E-state index contributed by atoms with van der Waals surface area (Å²) >= 11 is 0. The van der Waals surface area contributed by atoms with E-state index in [0.717, 1.165) is 6.26 Å². The maximum absolute atomic E-state index is 12.5. The molecule has 0 aromatic carbocycles. The van der Waals surface area contributed by atoms with E-state index < -0.39 is 10.0 Å². The van der Waals surface area contributed by atoms with Crippen LogP contribution in [0, 0.1) is 6.92 Å². The summed E-state index contributed by atoms with van der Waals surface area (Å²) in [5.74, 6) is -0.159. The van der Waals surface area contributed by atoms with Crippen LogP contribution in [0.4, 0.5) is 5.69 Å². The Morgan fingerprint density at radius 1 is 1.38 bits per heavy atom. The Balaban J connectivity index is 2.04. The van der Waals surface area contributed by atoms with Crippen LogP contribution in [0.2, 0.25) is 0 Å². The highest BCUT2D eigenvalue weighted by Crippen LogP contribution is 2.20. The normalized spacial score (nSPS) is 17.2. The lowest BCUT2D eigenvalue weighted by atomic mass is 10.1. The van der Waals surface area contributed by atoms with Gasteiger partial charge in [0, 0.05) is 26.2 Å².